The van der Waals surface area contributed by atoms with Crippen molar-refractivity contribution in [3.63, 3.8) is 0 Å². The molecule has 3 rings (SSSR count). The second kappa shape index (κ2) is 7.70. The summed E-state index contributed by atoms with van der Waals surface area (Å²) in [6.45, 7) is 6.37. The normalized spacial score (nSPS) is 12.1. The Hall–Kier alpha value is -3.02. The predicted octanol–water partition coefficient (Wildman–Crippen LogP) is 3.02. The lowest BCUT2D eigenvalue weighted by molar-refractivity contribution is -0.122. The molecule has 0 saturated heterocycles. The minimum absolute atomic E-state index is 0.0230. The smallest absolute Gasteiger partial charge is 0.329 e. The zero-order valence-electron chi connectivity index (χ0n) is 16.2. The van der Waals surface area contributed by atoms with Crippen molar-refractivity contribution in [3.8, 4) is 5.75 Å². The van der Waals surface area contributed by atoms with E-state index in [2.05, 4.69) is 5.32 Å². The maximum Gasteiger partial charge on any atom is 0.329 e. The zero-order chi connectivity index (χ0) is 19.6. The molecule has 0 bridgehead atoms. The van der Waals surface area contributed by atoms with Gasteiger partial charge in [0.2, 0.25) is 5.91 Å². The van der Waals surface area contributed by atoms with E-state index in [0.717, 1.165) is 27.9 Å². The minimum Gasteiger partial charge on any atom is -0.496 e. The lowest BCUT2D eigenvalue weighted by Crippen LogP contribution is -2.34. The van der Waals surface area contributed by atoms with Gasteiger partial charge in [-0.3, -0.25) is 13.9 Å². The molecule has 1 amide bonds. The number of benzene rings is 2. The number of ether oxygens (including phenoxy) is 1. The van der Waals surface area contributed by atoms with Gasteiger partial charge in [-0.05, 0) is 39.0 Å². The number of hydrogen-bond acceptors (Lipinski definition) is 3. The summed E-state index contributed by atoms with van der Waals surface area (Å²) < 4.78 is 8.60. The van der Waals surface area contributed by atoms with E-state index < -0.39 is 0 Å². The third-order valence-electron chi connectivity index (χ3n) is 4.77. The molecule has 6 heteroatoms. The number of methoxy groups -OCH3 is 1. The highest BCUT2D eigenvalue weighted by Gasteiger charge is 2.18. The predicted molar refractivity (Wildman–Crippen MR) is 106 cm³/mol. The number of nitrogens with one attached hydrogen (secondary N) is 1. The van der Waals surface area contributed by atoms with Crippen molar-refractivity contribution in [2.24, 2.45) is 0 Å². The average Bonchev–Trinajstić information content (AvgIpc) is 2.92. The van der Waals surface area contributed by atoms with E-state index in [4.69, 9.17) is 4.74 Å². The Morgan fingerprint density at radius 1 is 1.15 bits per heavy atom. The molecule has 27 heavy (non-hydrogen) atoms. The number of aryl methyl sites for hydroxylation is 2. The quantitative estimate of drug-likeness (QED) is 0.728. The number of para-hydroxylation sites is 2. The molecule has 1 atom stereocenters. The second-order valence-electron chi connectivity index (χ2n) is 6.64. The fraction of sp³-hybridized carbons (Fsp3) is 0.333. The Morgan fingerprint density at radius 3 is 2.44 bits per heavy atom. The highest BCUT2D eigenvalue weighted by atomic mass is 16.5. The van der Waals surface area contributed by atoms with Gasteiger partial charge in [-0.1, -0.05) is 29.8 Å². The van der Waals surface area contributed by atoms with Gasteiger partial charge in [0.1, 0.15) is 12.3 Å². The standard InChI is InChI=1S/C21H25N3O3/c1-5-23-17-8-6-7-9-18(17)24(21(23)26)13-20(25)22-15(3)16-12-14(2)10-11-19(16)27-4/h6-12,15H,5,13H2,1-4H3,(H,22,25). The Kier molecular flexibility index (Phi) is 5.35. The van der Waals surface area contributed by atoms with E-state index in [1.165, 1.54) is 4.57 Å². The van der Waals surface area contributed by atoms with Crippen LogP contribution in [0, 0.1) is 6.92 Å². The number of rotatable bonds is 6. The number of carbonyl (C=O) groups excluding carboxylic acids is 1. The van der Waals surface area contributed by atoms with Gasteiger partial charge >= 0.3 is 5.69 Å². The fourth-order valence-electron chi connectivity index (χ4n) is 3.43. The van der Waals surface area contributed by atoms with Crippen LogP contribution in [0.3, 0.4) is 0 Å². The van der Waals surface area contributed by atoms with E-state index in [9.17, 15) is 9.59 Å². The van der Waals surface area contributed by atoms with E-state index in [1.807, 2.05) is 63.2 Å². The van der Waals surface area contributed by atoms with Crippen LogP contribution in [-0.2, 0) is 17.9 Å². The number of imidazole rings is 1. The Morgan fingerprint density at radius 2 is 1.81 bits per heavy atom. The van der Waals surface area contributed by atoms with Gasteiger partial charge in [0.25, 0.3) is 0 Å². The summed E-state index contributed by atoms with van der Waals surface area (Å²) in [6, 6.07) is 13.2. The molecule has 142 valence electrons. The highest BCUT2D eigenvalue weighted by molar-refractivity contribution is 5.81. The second-order valence-corrected chi connectivity index (χ2v) is 6.64. The average molecular weight is 367 g/mol. The van der Waals surface area contributed by atoms with Gasteiger partial charge in [-0.15, -0.1) is 0 Å². The highest BCUT2D eigenvalue weighted by Crippen LogP contribution is 2.26. The van der Waals surface area contributed by atoms with Crippen LogP contribution >= 0.6 is 0 Å². The van der Waals surface area contributed by atoms with Crippen LogP contribution in [0.2, 0.25) is 0 Å². The summed E-state index contributed by atoms with van der Waals surface area (Å²) in [5.74, 6) is 0.514. The summed E-state index contributed by atoms with van der Waals surface area (Å²) in [7, 11) is 1.61. The van der Waals surface area contributed by atoms with Crippen LogP contribution in [0.15, 0.2) is 47.3 Å². The molecule has 1 aromatic heterocycles. The Balaban J connectivity index is 1.85. The van der Waals surface area contributed by atoms with Crippen molar-refractivity contribution < 1.29 is 9.53 Å². The molecule has 0 radical (unpaired) electrons. The first-order chi connectivity index (χ1) is 13.0. The first-order valence-electron chi connectivity index (χ1n) is 9.08. The summed E-state index contributed by atoms with van der Waals surface area (Å²) in [4.78, 5) is 25.3. The van der Waals surface area contributed by atoms with Crippen LogP contribution < -0.4 is 15.7 Å². The fourth-order valence-corrected chi connectivity index (χ4v) is 3.43. The molecule has 2 aromatic carbocycles. The monoisotopic (exact) mass is 367 g/mol. The van der Waals surface area contributed by atoms with Gasteiger partial charge < -0.3 is 10.1 Å². The summed E-state index contributed by atoms with van der Waals surface area (Å²) in [6.07, 6.45) is 0. The van der Waals surface area contributed by atoms with Crippen LogP contribution in [0.5, 0.6) is 5.75 Å². The summed E-state index contributed by atoms with van der Waals surface area (Å²) >= 11 is 0. The van der Waals surface area contributed by atoms with Crippen molar-refractivity contribution in [3.05, 3.63) is 64.1 Å². The zero-order valence-corrected chi connectivity index (χ0v) is 16.2. The lowest BCUT2D eigenvalue weighted by Gasteiger charge is -2.18. The van der Waals surface area contributed by atoms with Gasteiger partial charge in [0.15, 0.2) is 0 Å². The van der Waals surface area contributed by atoms with Crippen LogP contribution in [0.1, 0.15) is 31.0 Å². The van der Waals surface area contributed by atoms with Gasteiger partial charge in [-0.25, -0.2) is 4.79 Å². The first-order valence-corrected chi connectivity index (χ1v) is 9.08. The van der Waals surface area contributed by atoms with Gasteiger partial charge in [-0.2, -0.15) is 0 Å². The Bertz CT molecular complexity index is 1030. The molecule has 1 heterocycles. The maximum absolute atomic E-state index is 12.7. The summed E-state index contributed by atoms with van der Waals surface area (Å²) in [5, 5.41) is 2.98. The third-order valence-corrected chi connectivity index (χ3v) is 4.77. The molecule has 0 aliphatic carbocycles. The third kappa shape index (κ3) is 3.60. The molecule has 1 unspecified atom stereocenters. The summed E-state index contributed by atoms with van der Waals surface area (Å²) in [5.41, 5.74) is 3.43. The number of fused-ring (bicyclic) bond motifs is 1. The first kappa shape index (κ1) is 18.8. The molecule has 0 aliphatic rings. The minimum atomic E-state index is -0.234. The molecule has 0 saturated carbocycles. The molecular weight excluding hydrogens is 342 g/mol. The van der Waals surface area contributed by atoms with Crippen LogP contribution in [-0.4, -0.2) is 22.2 Å². The molecule has 6 nitrogen and oxygen atoms in total. The molecule has 0 spiro atoms. The molecule has 1 N–H and O–H groups in total. The van der Waals surface area contributed by atoms with E-state index in [1.54, 1.807) is 11.7 Å². The number of hydrogen-bond donors (Lipinski definition) is 1. The van der Waals surface area contributed by atoms with E-state index in [0.29, 0.717) is 6.54 Å². The van der Waals surface area contributed by atoms with Crippen LogP contribution in [0.4, 0.5) is 0 Å². The van der Waals surface area contributed by atoms with Crippen LogP contribution in [0.25, 0.3) is 11.0 Å². The molecule has 3 aromatic rings. The number of aromatic nitrogens is 2. The van der Waals surface area contributed by atoms with Crippen molar-refractivity contribution in [1.82, 2.24) is 14.5 Å². The number of carbonyl (C=O) groups is 1. The van der Waals surface area contributed by atoms with Gasteiger partial charge in [0.05, 0.1) is 24.2 Å². The lowest BCUT2D eigenvalue weighted by atomic mass is 10.0. The van der Waals surface area contributed by atoms with Crippen molar-refractivity contribution in [2.75, 3.05) is 7.11 Å². The van der Waals surface area contributed by atoms with Crippen molar-refractivity contribution in [2.45, 2.75) is 39.9 Å². The topological polar surface area (TPSA) is 65.3 Å². The van der Waals surface area contributed by atoms with Gasteiger partial charge in [0, 0.05) is 12.1 Å². The largest absolute Gasteiger partial charge is 0.496 e. The van der Waals surface area contributed by atoms with Crippen molar-refractivity contribution >= 4 is 16.9 Å². The maximum atomic E-state index is 12.7. The van der Waals surface area contributed by atoms with E-state index >= 15 is 0 Å². The number of amides is 1. The van der Waals surface area contributed by atoms with Crippen molar-refractivity contribution in [1.29, 1.82) is 0 Å². The van der Waals surface area contributed by atoms with E-state index in [-0.39, 0.29) is 24.2 Å². The Labute approximate surface area is 158 Å². The number of nitrogens with zero attached hydrogens (tertiary/aromatic N) is 2. The molecule has 0 aliphatic heterocycles. The molecule has 0 fully saturated rings. The SMILES string of the molecule is CCn1c(=O)n(CC(=O)NC(C)c2cc(C)ccc2OC)c2ccccc21. The molecular formula is C21H25N3O3.